The maximum atomic E-state index is 13.1. The Morgan fingerprint density at radius 3 is 2.41 bits per heavy atom. The Kier molecular flexibility index (Phi) is 5.36. The summed E-state index contributed by atoms with van der Waals surface area (Å²) in [6, 6.07) is 6.97. The number of H-pyrrole nitrogens is 1. The molecule has 0 saturated carbocycles. The number of nitrogens with zero attached hydrogens (tertiary/aromatic N) is 2. The maximum Gasteiger partial charge on any atom is 0.417 e. The highest BCUT2D eigenvalue weighted by Gasteiger charge is 2.28. The van der Waals surface area contributed by atoms with Crippen molar-refractivity contribution < 1.29 is 19.3 Å². The molecule has 8 heteroatoms. The number of hydrogen-bond donors (Lipinski definition) is 0. The van der Waals surface area contributed by atoms with Crippen molar-refractivity contribution in [2.45, 2.75) is 6.92 Å². The van der Waals surface area contributed by atoms with Crippen LogP contribution in [0.5, 0.6) is 5.75 Å². The molecule has 3 aromatic rings. The average Bonchev–Trinajstić information content (AvgIpc) is 2.73. The molecule has 0 unspecified atom stereocenters. The second-order valence-corrected chi connectivity index (χ2v) is 6.55. The van der Waals surface area contributed by atoms with Crippen LogP contribution in [-0.4, -0.2) is 28.8 Å². The van der Waals surface area contributed by atoms with Gasteiger partial charge in [-0.05, 0) is 24.6 Å². The lowest BCUT2D eigenvalue weighted by atomic mass is 9.95. The third-order valence-electron chi connectivity index (χ3n) is 4.76. The van der Waals surface area contributed by atoms with E-state index in [1.807, 2.05) is 0 Å². The molecule has 0 saturated heterocycles. The molecule has 0 amide bonds. The zero-order chi connectivity index (χ0) is 21.3. The largest absolute Gasteiger partial charge is 0.497 e. The number of carbonyl (C=O) groups excluding carboxylic acids is 1. The first-order valence-corrected chi connectivity index (χ1v) is 8.89. The van der Waals surface area contributed by atoms with Gasteiger partial charge in [-0.1, -0.05) is 24.8 Å². The first-order chi connectivity index (χ1) is 13.8. The lowest BCUT2D eigenvalue weighted by molar-refractivity contribution is -0.359. The molecule has 8 nitrogen and oxygen atoms in total. The highest BCUT2D eigenvalue weighted by Crippen LogP contribution is 2.31. The van der Waals surface area contributed by atoms with Crippen LogP contribution >= 0.6 is 0 Å². The number of hydrogen-bond acceptors (Lipinski definition) is 5. The predicted molar refractivity (Wildman–Crippen MR) is 108 cm³/mol. The third kappa shape index (κ3) is 3.33. The van der Waals surface area contributed by atoms with Crippen molar-refractivity contribution in [2.75, 3.05) is 13.7 Å². The number of carbonyl (C=O) groups is 1. The van der Waals surface area contributed by atoms with Crippen LogP contribution in [0.1, 0.15) is 16.1 Å². The number of pyridine rings is 1. The van der Waals surface area contributed by atoms with Crippen LogP contribution in [0.3, 0.4) is 0 Å². The summed E-state index contributed by atoms with van der Waals surface area (Å²) in [6.07, 6.45) is 1.47. The minimum absolute atomic E-state index is 0.0314. The van der Waals surface area contributed by atoms with E-state index >= 15 is 0 Å². The van der Waals surface area contributed by atoms with Gasteiger partial charge in [0.2, 0.25) is 0 Å². The van der Waals surface area contributed by atoms with Crippen LogP contribution < -0.4 is 21.0 Å². The van der Waals surface area contributed by atoms with Gasteiger partial charge in [-0.3, -0.25) is 4.79 Å². The van der Waals surface area contributed by atoms with E-state index in [1.165, 1.54) is 17.7 Å². The fraction of sp³-hybridized carbons (Fsp3) is 0.238. The van der Waals surface area contributed by atoms with Gasteiger partial charge in [0.05, 0.1) is 14.2 Å². The summed E-state index contributed by atoms with van der Waals surface area (Å²) in [4.78, 5) is 41.3. The standard InChI is InChI=1S/C21H21N3O5/c1-6-11-29-20(26)15-12(2)22-18-17(19(25)24(4)21(27)23(18)3)16(15)13-7-9-14(28-5)10-8-13/h6-10H,1,11H2,2-5H3/p+1. The van der Waals surface area contributed by atoms with Gasteiger partial charge in [0.15, 0.2) is 0 Å². The summed E-state index contributed by atoms with van der Waals surface area (Å²) in [7, 11) is 4.51. The molecule has 0 fully saturated rings. The second kappa shape index (κ2) is 7.75. The molecule has 0 aliphatic heterocycles. The summed E-state index contributed by atoms with van der Waals surface area (Å²) >= 11 is 0. The molecule has 29 heavy (non-hydrogen) atoms. The van der Waals surface area contributed by atoms with E-state index in [0.29, 0.717) is 28.2 Å². The molecule has 0 radical (unpaired) electrons. The Morgan fingerprint density at radius 2 is 1.83 bits per heavy atom. The molecule has 0 bridgehead atoms. The molecule has 1 aromatic carbocycles. The fourth-order valence-corrected chi connectivity index (χ4v) is 3.28. The zero-order valence-corrected chi connectivity index (χ0v) is 16.7. The van der Waals surface area contributed by atoms with Crippen molar-refractivity contribution in [3.05, 3.63) is 69.0 Å². The van der Waals surface area contributed by atoms with Gasteiger partial charge in [-0.15, -0.1) is 0 Å². The molecule has 2 heterocycles. The molecule has 0 aliphatic carbocycles. The number of rotatable bonds is 5. The van der Waals surface area contributed by atoms with Gasteiger partial charge in [0.25, 0.3) is 11.2 Å². The first kappa shape index (κ1) is 20.1. The number of methoxy groups -OCH3 is 1. The van der Waals surface area contributed by atoms with E-state index in [1.54, 1.807) is 45.3 Å². The quantitative estimate of drug-likeness (QED) is 0.480. The summed E-state index contributed by atoms with van der Waals surface area (Å²) < 4.78 is 12.8. The third-order valence-corrected chi connectivity index (χ3v) is 4.76. The molecule has 3 rings (SSSR count). The van der Waals surface area contributed by atoms with E-state index in [-0.39, 0.29) is 17.6 Å². The van der Waals surface area contributed by atoms with Crippen molar-refractivity contribution in [1.29, 1.82) is 0 Å². The lowest BCUT2D eigenvalue weighted by Crippen LogP contribution is -2.40. The minimum Gasteiger partial charge on any atom is -0.497 e. The highest BCUT2D eigenvalue weighted by molar-refractivity contribution is 6.05. The van der Waals surface area contributed by atoms with Gasteiger partial charge < -0.3 is 9.47 Å². The van der Waals surface area contributed by atoms with Gasteiger partial charge in [-0.2, -0.15) is 4.57 Å². The van der Waals surface area contributed by atoms with Crippen LogP contribution in [0.2, 0.25) is 0 Å². The lowest BCUT2D eigenvalue weighted by Gasteiger charge is -2.14. The summed E-state index contributed by atoms with van der Waals surface area (Å²) in [5.74, 6) is 0.0376. The number of nitrogens with one attached hydrogen (secondary N) is 1. The fourth-order valence-electron chi connectivity index (χ4n) is 3.28. The van der Waals surface area contributed by atoms with E-state index in [9.17, 15) is 14.4 Å². The SMILES string of the molecule is C=CCOC(=O)c1c(C)[nH+]c2c(c1-c1ccc(OC)cc1)c(=O)n(C)c(=O)n2C. The molecule has 2 aromatic heterocycles. The van der Waals surface area contributed by atoms with Crippen LogP contribution in [0.4, 0.5) is 0 Å². The Morgan fingerprint density at radius 1 is 1.17 bits per heavy atom. The maximum absolute atomic E-state index is 13.1. The molecular formula is C21H22N3O5+. The molecule has 150 valence electrons. The number of aromatic amines is 1. The predicted octanol–water partition coefficient (Wildman–Crippen LogP) is 1.38. The smallest absolute Gasteiger partial charge is 0.417 e. The van der Waals surface area contributed by atoms with Crippen LogP contribution in [0, 0.1) is 6.92 Å². The highest BCUT2D eigenvalue weighted by atomic mass is 16.5. The first-order valence-electron chi connectivity index (χ1n) is 8.89. The van der Waals surface area contributed by atoms with Crippen molar-refractivity contribution in [1.82, 2.24) is 9.13 Å². The van der Waals surface area contributed by atoms with E-state index < -0.39 is 17.2 Å². The zero-order valence-electron chi connectivity index (χ0n) is 16.7. The Hall–Kier alpha value is -3.68. The van der Waals surface area contributed by atoms with Crippen LogP contribution in [0.15, 0.2) is 46.5 Å². The van der Waals surface area contributed by atoms with Crippen molar-refractivity contribution in [3.8, 4) is 16.9 Å². The van der Waals surface area contributed by atoms with Crippen LogP contribution in [-0.2, 0) is 18.8 Å². The van der Waals surface area contributed by atoms with E-state index in [4.69, 9.17) is 9.47 Å². The van der Waals surface area contributed by atoms with Gasteiger partial charge in [0.1, 0.15) is 29.0 Å². The normalized spacial score (nSPS) is 10.8. The Labute approximate surface area is 166 Å². The van der Waals surface area contributed by atoms with Gasteiger partial charge >= 0.3 is 11.7 Å². The van der Waals surface area contributed by atoms with E-state index in [2.05, 4.69) is 11.6 Å². The Balaban J connectivity index is 2.50. The molecule has 0 atom stereocenters. The van der Waals surface area contributed by atoms with Crippen molar-refractivity contribution in [2.24, 2.45) is 14.1 Å². The van der Waals surface area contributed by atoms with Crippen molar-refractivity contribution >= 4 is 17.0 Å². The number of ether oxygens (including phenoxy) is 2. The molecule has 1 N–H and O–H groups in total. The second-order valence-electron chi connectivity index (χ2n) is 6.55. The number of aromatic nitrogens is 3. The number of esters is 1. The van der Waals surface area contributed by atoms with Crippen molar-refractivity contribution in [3.63, 3.8) is 0 Å². The minimum atomic E-state index is -0.595. The summed E-state index contributed by atoms with van der Waals surface area (Å²) in [5, 5.41) is 0.218. The van der Waals surface area contributed by atoms with E-state index in [0.717, 1.165) is 4.57 Å². The topological polar surface area (TPSA) is 93.7 Å². The molecule has 0 spiro atoms. The molecule has 0 aliphatic rings. The molecular weight excluding hydrogens is 374 g/mol. The number of fused-ring (bicyclic) bond motifs is 1. The average molecular weight is 396 g/mol. The summed E-state index contributed by atoms with van der Waals surface area (Å²) in [5.41, 5.74) is 1.05. The number of benzene rings is 1. The monoisotopic (exact) mass is 396 g/mol. The Bertz CT molecular complexity index is 1240. The number of aryl methyl sites for hydroxylation is 2. The van der Waals surface area contributed by atoms with Gasteiger partial charge in [0, 0.05) is 12.6 Å². The summed E-state index contributed by atoms with van der Waals surface area (Å²) in [6.45, 7) is 5.28. The van der Waals surface area contributed by atoms with Crippen LogP contribution in [0.25, 0.3) is 22.2 Å². The van der Waals surface area contributed by atoms with Gasteiger partial charge in [-0.25, -0.2) is 19.1 Å².